The molecule has 2 nitrogen and oxygen atoms in total. The van der Waals surface area contributed by atoms with Crippen molar-refractivity contribution in [2.24, 2.45) is 0 Å². The van der Waals surface area contributed by atoms with Gasteiger partial charge in [0.1, 0.15) is 5.82 Å². The van der Waals surface area contributed by atoms with Crippen LogP contribution in [0.25, 0.3) is 10.1 Å². The van der Waals surface area contributed by atoms with E-state index in [1.807, 2.05) is 29.2 Å². The van der Waals surface area contributed by atoms with Gasteiger partial charge in [0.2, 0.25) is 0 Å². The van der Waals surface area contributed by atoms with Crippen molar-refractivity contribution in [1.29, 1.82) is 0 Å². The molecule has 2 heterocycles. The summed E-state index contributed by atoms with van der Waals surface area (Å²) in [4.78, 5) is 15.5. The van der Waals surface area contributed by atoms with E-state index in [1.54, 1.807) is 12.1 Å². The highest BCUT2D eigenvalue weighted by Crippen LogP contribution is 2.31. The topological polar surface area (TPSA) is 20.3 Å². The van der Waals surface area contributed by atoms with E-state index in [9.17, 15) is 9.18 Å². The second-order valence-corrected chi connectivity index (χ2v) is 7.33. The summed E-state index contributed by atoms with van der Waals surface area (Å²) in [5.41, 5.74) is 1.25. The lowest BCUT2D eigenvalue weighted by molar-refractivity contribution is 0.0741. The summed E-state index contributed by atoms with van der Waals surface area (Å²) in [6, 6.07) is 17.2. The molecule has 0 N–H and O–H groups in total. The first-order valence-electron chi connectivity index (χ1n) is 8.25. The first-order chi connectivity index (χ1) is 11.7. The Labute approximate surface area is 144 Å². The number of thiophene rings is 1. The summed E-state index contributed by atoms with van der Waals surface area (Å²) in [5, 5.41) is 0.546. The van der Waals surface area contributed by atoms with E-state index in [-0.39, 0.29) is 17.8 Å². The molecule has 0 bridgehead atoms. The molecule has 0 spiro atoms. The Morgan fingerprint density at radius 3 is 2.79 bits per heavy atom. The van der Waals surface area contributed by atoms with Crippen molar-refractivity contribution in [2.45, 2.75) is 25.3 Å². The summed E-state index contributed by atoms with van der Waals surface area (Å²) in [6.07, 6.45) is 2.94. The van der Waals surface area contributed by atoms with Crippen LogP contribution in [0.3, 0.4) is 0 Å². The van der Waals surface area contributed by atoms with E-state index < -0.39 is 0 Å². The lowest BCUT2D eigenvalue weighted by atomic mass is 10.0. The van der Waals surface area contributed by atoms with Crippen LogP contribution >= 0.6 is 11.3 Å². The van der Waals surface area contributed by atoms with E-state index in [1.165, 1.54) is 23.0 Å². The molecule has 3 aromatic rings. The van der Waals surface area contributed by atoms with Crippen molar-refractivity contribution in [3.05, 3.63) is 70.9 Å². The number of hydrogen-bond donors (Lipinski definition) is 0. The highest BCUT2D eigenvalue weighted by Gasteiger charge is 2.30. The van der Waals surface area contributed by atoms with E-state index >= 15 is 0 Å². The molecule has 2 aromatic carbocycles. The van der Waals surface area contributed by atoms with Gasteiger partial charge in [-0.15, -0.1) is 11.3 Å². The molecule has 4 rings (SSSR count). The minimum atomic E-state index is -0.259. The molecule has 1 atom stereocenters. The average Bonchev–Trinajstić information content (AvgIpc) is 3.23. The third-order valence-corrected chi connectivity index (χ3v) is 5.76. The Hall–Kier alpha value is -2.20. The Kier molecular flexibility index (Phi) is 4.07. The monoisotopic (exact) mass is 339 g/mol. The molecule has 0 saturated carbocycles. The standard InChI is InChI=1S/C20H18FNOS/c21-17-9-4-10-18-16(17)13-19(24-18)20(23)22-11-5-8-15(22)12-14-6-2-1-3-7-14/h1-4,6-7,9-10,13,15H,5,8,11-12H2/t15-/m0/s1. The van der Waals surface area contributed by atoms with Crippen LogP contribution in [0.2, 0.25) is 0 Å². The normalized spacial score (nSPS) is 17.5. The molecule has 1 aromatic heterocycles. The molecule has 1 amide bonds. The predicted octanol–water partition coefficient (Wildman–Crippen LogP) is 4.89. The predicted molar refractivity (Wildman–Crippen MR) is 96.0 cm³/mol. The summed E-state index contributed by atoms with van der Waals surface area (Å²) >= 11 is 1.38. The molecule has 24 heavy (non-hydrogen) atoms. The molecule has 1 aliphatic heterocycles. The molecule has 1 fully saturated rings. The van der Waals surface area contributed by atoms with E-state index in [2.05, 4.69) is 12.1 Å². The number of likely N-dealkylation sites (tertiary alicyclic amines) is 1. The molecule has 4 heteroatoms. The second kappa shape index (κ2) is 6.36. The third-order valence-electron chi connectivity index (χ3n) is 4.67. The zero-order valence-corrected chi connectivity index (χ0v) is 14.1. The molecular formula is C20H18FNOS. The largest absolute Gasteiger partial charge is 0.335 e. The van der Waals surface area contributed by atoms with Gasteiger partial charge in [0.05, 0.1) is 4.88 Å². The van der Waals surface area contributed by atoms with Crippen molar-refractivity contribution >= 4 is 27.3 Å². The minimum absolute atomic E-state index is 0.0361. The van der Waals surface area contributed by atoms with Crippen molar-refractivity contribution in [2.75, 3.05) is 6.54 Å². The van der Waals surface area contributed by atoms with Crippen LogP contribution in [0.15, 0.2) is 54.6 Å². The van der Waals surface area contributed by atoms with Crippen LogP contribution in [0.4, 0.5) is 4.39 Å². The molecule has 1 saturated heterocycles. The summed E-state index contributed by atoms with van der Waals surface area (Å²) in [6.45, 7) is 0.785. The van der Waals surface area contributed by atoms with Gasteiger partial charge in [-0.1, -0.05) is 36.4 Å². The fourth-order valence-corrected chi connectivity index (χ4v) is 4.50. The summed E-state index contributed by atoms with van der Waals surface area (Å²) < 4.78 is 14.7. The quantitative estimate of drug-likeness (QED) is 0.665. The number of nitrogens with zero attached hydrogens (tertiary/aromatic N) is 1. The number of fused-ring (bicyclic) bond motifs is 1. The SMILES string of the molecule is O=C(c1cc2c(F)cccc2s1)N1CCC[C@H]1Cc1ccccc1. The molecule has 1 aliphatic rings. The average molecular weight is 339 g/mol. The van der Waals surface area contributed by atoms with Crippen molar-refractivity contribution in [3.8, 4) is 0 Å². The minimum Gasteiger partial charge on any atom is -0.335 e. The first kappa shape index (κ1) is 15.3. The number of halogens is 1. The maximum Gasteiger partial charge on any atom is 0.264 e. The Morgan fingerprint density at radius 1 is 1.17 bits per heavy atom. The zero-order valence-electron chi connectivity index (χ0n) is 13.2. The van der Waals surface area contributed by atoms with Crippen LogP contribution in [0.5, 0.6) is 0 Å². The number of benzene rings is 2. The van der Waals surface area contributed by atoms with E-state index in [0.29, 0.717) is 10.3 Å². The van der Waals surface area contributed by atoms with Gasteiger partial charge < -0.3 is 4.90 Å². The Bertz CT molecular complexity index is 874. The molecular weight excluding hydrogens is 321 g/mol. The van der Waals surface area contributed by atoms with Gasteiger partial charge in [-0.05, 0) is 43.0 Å². The lowest BCUT2D eigenvalue weighted by Crippen LogP contribution is -2.36. The Morgan fingerprint density at radius 2 is 2.00 bits per heavy atom. The maximum absolute atomic E-state index is 13.9. The zero-order chi connectivity index (χ0) is 16.5. The van der Waals surface area contributed by atoms with Crippen LogP contribution in [0, 0.1) is 5.82 Å². The van der Waals surface area contributed by atoms with Crippen molar-refractivity contribution in [3.63, 3.8) is 0 Å². The van der Waals surface area contributed by atoms with Gasteiger partial charge >= 0.3 is 0 Å². The molecule has 0 unspecified atom stereocenters. The van der Waals surface area contributed by atoms with Crippen LogP contribution in [0.1, 0.15) is 28.1 Å². The number of amides is 1. The second-order valence-electron chi connectivity index (χ2n) is 6.25. The fraction of sp³-hybridized carbons (Fsp3) is 0.250. The fourth-order valence-electron chi connectivity index (χ4n) is 3.47. The molecule has 0 aliphatic carbocycles. The van der Waals surface area contributed by atoms with Gasteiger partial charge in [-0.2, -0.15) is 0 Å². The van der Waals surface area contributed by atoms with Crippen molar-refractivity contribution in [1.82, 2.24) is 4.90 Å². The van der Waals surface area contributed by atoms with Crippen LogP contribution in [-0.2, 0) is 6.42 Å². The van der Waals surface area contributed by atoms with Gasteiger partial charge in [0.25, 0.3) is 5.91 Å². The van der Waals surface area contributed by atoms with Crippen molar-refractivity contribution < 1.29 is 9.18 Å². The number of carbonyl (C=O) groups is 1. The first-order valence-corrected chi connectivity index (χ1v) is 9.07. The number of carbonyl (C=O) groups excluding carboxylic acids is 1. The maximum atomic E-state index is 13.9. The van der Waals surface area contributed by atoms with Gasteiger partial charge in [-0.3, -0.25) is 4.79 Å². The highest BCUT2D eigenvalue weighted by molar-refractivity contribution is 7.20. The Balaban J connectivity index is 1.59. The molecule has 0 radical (unpaired) electrons. The van der Waals surface area contributed by atoms with Gasteiger partial charge in [-0.25, -0.2) is 4.39 Å². The number of rotatable bonds is 3. The number of hydrogen-bond acceptors (Lipinski definition) is 2. The van der Waals surface area contributed by atoms with E-state index in [4.69, 9.17) is 0 Å². The van der Waals surface area contributed by atoms with Crippen LogP contribution < -0.4 is 0 Å². The third kappa shape index (κ3) is 2.82. The lowest BCUT2D eigenvalue weighted by Gasteiger charge is -2.24. The van der Waals surface area contributed by atoms with E-state index in [0.717, 1.165) is 30.5 Å². The van der Waals surface area contributed by atoms with Crippen LogP contribution in [-0.4, -0.2) is 23.4 Å². The smallest absolute Gasteiger partial charge is 0.264 e. The van der Waals surface area contributed by atoms with Gasteiger partial charge in [0.15, 0.2) is 0 Å². The summed E-state index contributed by atoms with van der Waals surface area (Å²) in [7, 11) is 0. The molecule has 122 valence electrons. The highest BCUT2D eigenvalue weighted by atomic mass is 32.1. The van der Waals surface area contributed by atoms with Gasteiger partial charge in [0, 0.05) is 22.7 Å². The summed E-state index contributed by atoms with van der Waals surface area (Å²) in [5.74, 6) is -0.223.